The summed E-state index contributed by atoms with van der Waals surface area (Å²) in [5.41, 5.74) is 0.928. The minimum atomic E-state index is -2.69. The Morgan fingerprint density at radius 2 is 1.91 bits per heavy atom. The Morgan fingerprint density at radius 3 is 2.50 bits per heavy atom. The molecule has 4 N–H and O–H groups in total. The zero-order valence-corrected chi connectivity index (χ0v) is 18.5. The van der Waals surface area contributed by atoms with Crippen LogP contribution in [0.25, 0.3) is 11.0 Å². The van der Waals surface area contributed by atoms with Gasteiger partial charge in [-0.15, -0.1) is 5.48 Å². The first kappa shape index (κ1) is 22.4. The van der Waals surface area contributed by atoms with Crippen molar-refractivity contribution in [2.45, 2.75) is 31.0 Å². The van der Waals surface area contributed by atoms with Gasteiger partial charge in [-0.1, -0.05) is 23.2 Å². The third kappa shape index (κ3) is 3.83. The van der Waals surface area contributed by atoms with Crippen molar-refractivity contribution < 1.29 is 27.9 Å². The minimum Gasteiger partial charge on any atom is -0.454 e. The standard InChI is InChI=1S/C20H15Cl2F2N5O5/c21-10-5-8(25-16(30)15-27-19(32)34-28-15)6-11(22)14(10)33-9-1-2-12-13(7-9)29(18(31)26-12)20(3-4-20)17(23)24/h1-2,5-7,15,17,28H,3-4H2,(H,25,30)(H,26,31)(H,27,32). The first-order valence-corrected chi connectivity index (χ1v) is 10.7. The minimum absolute atomic E-state index is 0.0419. The lowest BCUT2D eigenvalue weighted by Crippen LogP contribution is -2.43. The van der Waals surface area contributed by atoms with Crippen molar-refractivity contribution in [3.8, 4) is 11.5 Å². The second kappa shape index (κ2) is 8.15. The summed E-state index contributed by atoms with van der Waals surface area (Å²) in [4.78, 5) is 42.6. The van der Waals surface area contributed by atoms with Gasteiger partial charge >= 0.3 is 11.8 Å². The van der Waals surface area contributed by atoms with Crippen LogP contribution in [0.15, 0.2) is 35.1 Å². The Labute approximate surface area is 199 Å². The van der Waals surface area contributed by atoms with Gasteiger partial charge in [0.1, 0.15) is 11.3 Å². The Bertz CT molecular complexity index is 1360. The molecule has 2 amide bonds. The molecule has 2 fully saturated rings. The van der Waals surface area contributed by atoms with Crippen LogP contribution >= 0.6 is 23.2 Å². The second-order valence-corrected chi connectivity index (χ2v) is 8.61. The lowest BCUT2D eigenvalue weighted by molar-refractivity contribution is -0.119. The van der Waals surface area contributed by atoms with E-state index in [1.165, 1.54) is 30.3 Å². The number of rotatable bonds is 6. The number of carbonyl (C=O) groups is 2. The molecule has 1 saturated heterocycles. The van der Waals surface area contributed by atoms with Gasteiger partial charge in [0.2, 0.25) is 0 Å². The van der Waals surface area contributed by atoms with Crippen molar-refractivity contribution in [2.24, 2.45) is 0 Å². The molecule has 0 radical (unpaired) electrons. The van der Waals surface area contributed by atoms with Crippen LogP contribution in [0.1, 0.15) is 12.8 Å². The molecule has 178 valence electrons. The van der Waals surface area contributed by atoms with E-state index < -0.39 is 35.8 Å². The molecule has 1 aliphatic carbocycles. The van der Waals surface area contributed by atoms with Gasteiger partial charge in [-0.2, -0.15) is 0 Å². The lowest BCUT2D eigenvalue weighted by atomic mass is 10.2. The fourth-order valence-electron chi connectivity index (χ4n) is 3.73. The number of alkyl halides is 2. The van der Waals surface area contributed by atoms with E-state index in [2.05, 4.69) is 25.9 Å². The van der Waals surface area contributed by atoms with Gasteiger partial charge < -0.3 is 19.9 Å². The average molecular weight is 514 g/mol. The highest BCUT2D eigenvalue weighted by Crippen LogP contribution is 2.49. The summed E-state index contributed by atoms with van der Waals surface area (Å²) in [5.74, 6) is -0.368. The second-order valence-electron chi connectivity index (χ2n) is 7.79. The van der Waals surface area contributed by atoms with Crippen LogP contribution in [0.4, 0.5) is 19.3 Å². The molecular formula is C20H15Cl2F2N5O5. The number of hydrogen-bond acceptors (Lipinski definition) is 6. The fourth-order valence-corrected chi connectivity index (χ4v) is 4.29. The molecule has 1 atom stereocenters. The quantitative estimate of drug-likeness (QED) is 0.398. The highest BCUT2D eigenvalue weighted by Gasteiger charge is 2.54. The maximum atomic E-state index is 13.6. The number of halogens is 4. The number of fused-ring (bicyclic) bond motifs is 1. The highest BCUT2D eigenvalue weighted by atomic mass is 35.5. The van der Waals surface area contributed by atoms with Crippen LogP contribution in [0.5, 0.6) is 11.5 Å². The number of H-pyrrole nitrogens is 1. The topological polar surface area (TPSA) is 126 Å². The summed E-state index contributed by atoms with van der Waals surface area (Å²) in [6.07, 6.45) is -4.21. The third-order valence-corrected chi connectivity index (χ3v) is 6.11. The average Bonchev–Trinajstić information content (AvgIpc) is 3.34. The maximum absolute atomic E-state index is 13.6. The van der Waals surface area contributed by atoms with Crippen LogP contribution in [-0.2, 0) is 15.2 Å². The van der Waals surface area contributed by atoms with E-state index >= 15 is 0 Å². The van der Waals surface area contributed by atoms with Crippen molar-refractivity contribution in [1.29, 1.82) is 0 Å². The van der Waals surface area contributed by atoms with Gasteiger partial charge in [-0.3, -0.25) is 14.7 Å². The summed E-state index contributed by atoms with van der Waals surface area (Å²) in [7, 11) is 0. The summed E-state index contributed by atoms with van der Waals surface area (Å²) < 4.78 is 34.2. The van der Waals surface area contributed by atoms with E-state index in [1.54, 1.807) is 0 Å². The first-order chi connectivity index (χ1) is 16.2. The number of carbonyl (C=O) groups excluding carboxylic acids is 2. The van der Waals surface area contributed by atoms with Crippen LogP contribution in [-0.4, -0.2) is 34.1 Å². The van der Waals surface area contributed by atoms with Crippen LogP contribution in [0.3, 0.4) is 0 Å². The molecule has 2 aliphatic rings. The molecule has 2 heterocycles. The summed E-state index contributed by atoms with van der Waals surface area (Å²) in [5, 5.41) is 4.84. The highest BCUT2D eigenvalue weighted by molar-refractivity contribution is 6.37. The molecule has 0 spiro atoms. The molecule has 3 aromatic rings. The summed E-state index contributed by atoms with van der Waals surface area (Å²) in [6.45, 7) is 0. The molecule has 1 aromatic heterocycles. The van der Waals surface area contributed by atoms with E-state index in [0.717, 1.165) is 4.57 Å². The molecule has 34 heavy (non-hydrogen) atoms. The van der Waals surface area contributed by atoms with E-state index in [1.807, 2.05) is 0 Å². The van der Waals surface area contributed by atoms with Gasteiger partial charge in [0.15, 0.2) is 11.9 Å². The van der Waals surface area contributed by atoms with Crippen molar-refractivity contribution >= 4 is 51.9 Å². The molecule has 0 bridgehead atoms. The van der Waals surface area contributed by atoms with Gasteiger partial charge in [0.05, 0.1) is 21.1 Å². The largest absolute Gasteiger partial charge is 0.454 e. The molecule has 5 rings (SSSR count). The lowest BCUT2D eigenvalue weighted by Gasteiger charge is -2.17. The van der Waals surface area contributed by atoms with Crippen molar-refractivity contribution in [3.63, 3.8) is 0 Å². The smallest absolute Gasteiger partial charge is 0.427 e. The van der Waals surface area contributed by atoms with Crippen molar-refractivity contribution in [3.05, 3.63) is 50.9 Å². The maximum Gasteiger partial charge on any atom is 0.427 e. The van der Waals surface area contributed by atoms with Crippen LogP contribution in [0.2, 0.25) is 10.0 Å². The van der Waals surface area contributed by atoms with Crippen LogP contribution in [0, 0.1) is 0 Å². The molecule has 1 aliphatic heterocycles. The number of nitrogens with one attached hydrogen (secondary N) is 4. The van der Waals surface area contributed by atoms with E-state index in [0.29, 0.717) is 5.52 Å². The number of amides is 2. The summed E-state index contributed by atoms with van der Waals surface area (Å²) in [6, 6.07) is 7.26. The molecule has 10 nitrogen and oxygen atoms in total. The Morgan fingerprint density at radius 1 is 1.21 bits per heavy atom. The number of aromatic nitrogens is 2. The van der Waals surface area contributed by atoms with E-state index in [9.17, 15) is 23.2 Å². The van der Waals surface area contributed by atoms with Gasteiger partial charge in [-0.25, -0.2) is 18.4 Å². The first-order valence-electron chi connectivity index (χ1n) is 9.92. The summed E-state index contributed by atoms with van der Waals surface area (Å²) >= 11 is 12.6. The fraction of sp³-hybridized carbons (Fsp3) is 0.250. The number of aromatic amines is 1. The molecule has 1 saturated carbocycles. The van der Waals surface area contributed by atoms with Gasteiger partial charge in [0.25, 0.3) is 12.3 Å². The Hall–Kier alpha value is -3.35. The van der Waals surface area contributed by atoms with E-state index in [4.69, 9.17) is 27.9 Å². The van der Waals surface area contributed by atoms with Crippen molar-refractivity contribution in [2.75, 3.05) is 5.32 Å². The number of anilines is 1. The van der Waals surface area contributed by atoms with E-state index in [-0.39, 0.29) is 45.6 Å². The van der Waals surface area contributed by atoms with Crippen LogP contribution < -0.4 is 26.5 Å². The SMILES string of the molecule is O=C1NC(C(=O)Nc2cc(Cl)c(Oc3ccc4[nH]c(=O)n(C5(C(F)F)CC5)c4c3)c(Cl)c2)NO1. The molecular weight excluding hydrogens is 499 g/mol. The number of ether oxygens (including phenoxy) is 1. The zero-order chi connectivity index (χ0) is 24.2. The monoisotopic (exact) mass is 513 g/mol. The number of hydrogen-bond donors (Lipinski definition) is 4. The Balaban J connectivity index is 1.41. The predicted octanol–water partition coefficient (Wildman–Crippen LogP) is 3.69. The Kier molecular flexibility index (Phi) is 5.38. The normalized spacial score (nSPS) is 18.6. The molecule has 14 heteroatoms. The van der Waals surface area contributed by atoms with Gasteiger partial charge in [-0.05, 0) is 37.1 Å². The number of hydroxylamine groups is 1. The third-order valence-electron chi connectivity index (χ3n) is 5.55. The number of imidazole rings is 1. The van der Waals surface area contributed by atoms with Gasteiger partial charge in [0, 0.05) is 11.8 Å². The number of benzene rings is 2. The number of nitrogens with zero attached hydrogens (tertiary/aromatic N) is 1. The molecule has 1 unspecified atom stereocenters. The molecule has 2 aromatic carbocycles. The predicted molar refractivity (Wildman–Crippen MR) is 117 cm³/mol. The zero-order valence-electron chi connectivity index (χ0n) is 17.0. The van der Waals surface area contributed by atoms with Crippen molar-refractivity contribution in [1.82, 2.24) is 20.3 Å².